The molecule has 0 radical (unpaired) electrons. The summed E-state index contributed by atoms with van der Waals surface area (Å²) >= 11 is 0. The van der Waals surface area contributed by atoms with E-state index in [4.69, 9.17) is 10.5 Å². The molecule has 2 atom stereocenters. The maximum absolute atomic E-state index is 6.03. The zero-order valence-electron chi connectivity index (χ0n) is 11.1. The number of nitrogens with zero attached hydrogens (tertiary/aromatic N) is 1. The first-order chi connectivity index (χ1) is 7.71. The molecule has 2 unspecified atom stereocenters. The second kappa shape index (κ2) is 7.25. The predicted molar refractivity (Wildman–Crippen MR) is 68.5 cm³/mol. The van der Waals surface area contributed by atoms with Gasteiger partial charge < -0.3 is 15.4 Å². The molecule has 96 valence electrons. The molecule has 3 nitrogen and oxygen atoms in total. The maximum Gasteiger partial charge on any atom is 0.0621 e. The average molecular weight is 228 g/mol. The Hall–Kier alpha value is -0.120. The van der Waals surface area contributed by atoms with E-state index in [9.17, 15) is 0 Å². The predicted octanol–water partition coefficient (Wildman–Crippen LogP) is 1.72. The highest BCUT2D eigenvalue weighted by Gasteiger charge is 2.26. The first-order valence-corrected chi connectivity index (χ1v) is 6.76. The van der Waals surface area contributed by atoms with E-state index < -0.39 is 0 Å². The minimum absolute atomic E-state index is 0.246. The first-order valence-electron chi connectivity index (χ1n) is 6.76. The molecule has 0 aromatic rings. The minimum atomic E-state index is 0.246. The van der Waals surface area contributed by atoms with Gasteiger partial charge in [-0.1, -0.05) is 33.6 Å². The third kappa shape index (κ3) is 4.04. The quantitative estimate of drug-likeness (QED) is 0.721. The van der Waals surface area contributed by atoms with Crippen molar-refractivity contribution in [1.29, 1.82) is 0 Å². The Morgan fingerprint density at radius 1 is 1.25 bits per heavy atom. The van der Waals surface area contributed by atoms with Crippen LogP contribution in [0.1, 0.15) is 33.6 Å². The van der Waals surface area contributed by atoms with Crippen molar-refractivity contribution in [2.45, 2.75) is 39.7 Å². The largest absolute Gasteiger partial charge is 0.379 e. The molecular formula is C13H28N2O. The summed E-state index contributed by atoms with van der Waals surface area (Å²) in [4.78, 5) is 2.54. The monoisotopic (exact) mass is 228 g/mol. The van der Waals surface area contributed by atoms with Crippen molar-refractivity contribution in [2.75, 3.05) is 32.8 Å². The summed E-state index contributed by atoms with van der Waals surface area (Å²) in [5.74, 6) is 1.37. The van der Waals surface area contributed by atoms with Gasteiger partial charge in [-0.05, 0) is 12.5 Å². The highest BCUT2D eigenvalue weighted by atomic mass is 16.5. The molecule has 1 fully saturated rings. The van der Waals surface area contributed by atoms with Crippen molar-refractivity contribution in [2.24, 2.45) is 17.6 Å². The van der Waals surface area contributed by atoms with Gasteiger partial charge in [-0.15, -0.1) is 0 Å². The molecule has 0 bridgehead atoms. The van der Waals surface area contributed by atoms with Gasteiger partial charge in [0.1, 0.15) is 0 Å². The molecule has 0 amide bonds. The number of nitrogens with two attached hydrogens (primary N) is 1. The van der Waals surface area contributed by atoms with Crippen LogP contribution in [0.2, 0.25) is 0 Å². The van der Waals surface area contributed by atoms with Gasteiger partial charge in [0.05, 0.1) is 13.2 Å². The van der Waals surface area contributed by atoms with Gasteiger partial charge in [0.15, 0.2) is 0 Å². The highest BCUT2D eigenvalue weighted by Crippen LogP contribution is 2.16. The fraction of sp³-hybridized carbons (Fsp3) is 1.00. The van der Waals surface area contributed by atoms with E-state index in [0.29, 0.717) is 5.92 Å². The minimum Gasteiger partial charge on any atom is -0.379 e. The van der Waals surface area contributed by atoms with Gasteiger partial charge in [0, 0.05) is 25.0 Å². The zero-order valence-corrected chi connectivity index (χ0v) is 11.1. The smallest absolute Gasteiger partial charge is 0.0621 e. The van der Waals surface area contributed by atoms with Crippen LogP contribution in [0.25, 0.3) is 0 Å². The van der Waals surface area contributed by atoms with E-state index in [1.807, 2.05) is 0 Å². The van der Waals surface area contributed by atoms with Gasteiger partial charge in [-0.2, -0.15) is 0 Å². The molecule has 0 aromatic heterocycles. The van der Waals surface area contributed by atoms with Gasteiger partial charge in [0.25, 0.3) is 0 Å². The van der Waals surface area contributed by atoms with E-state index >= 15 is 0 Å². The van der Waals surface area contributed by atoms with E-state index in [1.165, 1.54) is 19.4 Å². The van der Waals surface area contributed by atoms with E-state index in [0.717, 1.165) is 32.2 Å². The van der Waals surface area contributed by atoms with Crippen LogP contribution in [0.5, 0.6) is 0 Å². The van der Waals surface area contributed by atoms with Crippen LogP contribution in [0.3, 0.4) is 0 Å². The molecule has 0 aliphatic carbocycles. The van der Waals surface area contributed by atoms with Gasteiger partial charge in [-0.3, -0.25) is 0 Å². The van der Waals surface area contributed by atoms with Crippen LogP contribution in [0.4, 0.5) is 0 Å². The molecular weight excluding hydrogens is 200 g/mol. The third-order valence-electron chi connectivity index (χ3n) is 3.86. The topological polar surface area (TPSA) is 38.5 Å². The lowest BCUT2D eigenvalue weighted by Gasteiger charge is -2.28. The molecule has 3 heteroatoms. The summed E-state index contributed by atoms with van der Waals surface area (Å²) in [6, 6.07) is 0.246. The second-order valence-electron chi connectivity index (χ2n) is 5.00. The molecule has 1 saturated heterocycles. The summed E-state index contributed by atoms with van der Waals surface area (Å²) in [5.41, 5.74) is 6.03. The lowest BCUT2D eigenvalue weighted by Crippen LogP contribution is -2.40. The summed E-state index contributed by atoms with van der Waals surface area (Å²) < 4.78 is 5.42. The fourth-order valence-electron chi connectivity index (χ4n) is 2.38. The summed E-state index contributed by atoms with van der Waals surface area (Å²) in [6.07, 6.45) is 2.56. The van der Waals surface area contributed by atoms with Crippen LogP contribution in [-0.4, -0.2) is 43.8 Å². The lowest BCUT2D eigenvalue weighted by molar-refractivity contribution is 0.159. The molecule has 0 aromatic carbocycles. The Morgan fingerprint density at radius 3 is 2.38 bits per heavy atom. The van der Waals surface area contributed by atoms with E-state index in [-0.39, 0.29) is 6.04 Å². The molecule has 0 spiro atoms. The van der Waals surface area contributed by atoms with Crippen molar-refractivity contribution in [3.05, 3.63) is 0 Å². The SMILES string of the molecule is CCC(CC)CN(CC)CC1COCC1N. The van der Waals surface area contributed by atoms with Crippen LogP contribution in [0, 0.1) is 11.8 Å². The lowest BCUT2D eigenvalue weighted by atomic mass is 10.00. The molecule has 1 aliphatic heterocycles. The summed E-state index contributed by atoms with van der Waals surface area (Å²) in [6.45, 7) is 11.8. The van der Waals surface area contributed by atoms with Gasteiger partial charge in [0.2, 0.25) is 0 Å². The molecule has 2 N–H and O–H groups in total. The number of hydrogen-bond donors (Lipinski definition) is 1. The second-order valence-corrected chi connectivity index (χ2v) is 5.00. The van der Waals surface area contributed by atoms with Crippen LogP contribution in [-0.2, 0) is 4.74 Å². The van der Waals surface area contributed by atoms with Gasteiger partial charge >= 0.3 is 0 Å². The fourth-order valence-corrected chi connectivity index (χ4v) is 2.38. The third-order valence-corrected chi connectivity index (χ3v) is 3.86. The van der Waals surface area contributed by atoms with Gasteiger partial charge in [-0.25, -0.2) is 0 Å². The summed E-state index contributed by atoms with van der Waals surface area (Å²) in [5, 5.41) is 0. The Labute approximate surface area is 100 Å². The van der Waals surface area contributed by atoms with E-state index in [1.54, 1.807) is 0 Å². The Bertz CT molecular complexity index is 183. The number of ether oxygens (including phenoxy) is 1. The first kappa shape index (κ1) is 13.9. The highest BCUT2D eigenvalue weighted by molar-refractivity contribution is 4.81. The molecule has 16 heavy (non-hydrogen) atoms. The van der Waals surface area contributed by atoms with Crippen molar-refractivity contribution >= 4 is 0 Å². The van der Waals surface area contributed by atoms with Crippen LogP contribution >= 0.6 is 0 Å². The Balaban J connectivity index is 2.35. The van der Waals surface area contributed by atoms with Crippen molar-refractivity contribution in [1.82, 2.24) is 4.90 Å². The normalized spacial score (nSPS) is 25.9. The molecule has 0 saturated carbocycles. The van der Waals surface area contributed by atoms with Crippen LogP contribution in [0.15, 0.2) is 0 Å². The maximum atomic E-state index is 6.03. The Kier molecular flexibility index (Phi) is 6.32. The van der Waals surface area contributed by atoms with Crippen molar-refractivity contribution in [3.8, 4) is 0 Å². The van der Waals surface area contributed by atoms with Crippen molar-refractivity contribution in [3.63, 3.8) is 0 Å². The molecule has 1 rings (SSSR count). The average Bonchev–Trinajstić information content (AvgIpc) is 2.70. The van der Waals surface area contributed by atoms with Crippen LogP contribution < -0.4 is 5.73 Å². The summed E-state index contributed by atoms with van der Waals surface area (Å²) in [7, 11) is 0. The zero-order chi connectivity index (χ0) is 12.0. The Morgan fingerprint density at radius 2 is 1.94 bits per heavy atom. The number of rotatable bonds is 7. The van der Waals surface area contributed by atoms with E-state index in [2.05, 4.69) is 25.7 Å². The molecule has 1 aliphatic rings. The number of hydrogen-bond acceptors (Lipinski definition) is 3. The molecule has 1 heterocycles. The standard InChI is InChI=1S/C13H28N2O/c1-4-11(5-2)7-15(6-3)8-12-9-16-10-13(12)14/h11-13H,4-10,14H2,1-3H3. The van der Waals surface area contributed by atoms with Crippen molar-refractivity contribution < 1.29 is 4.74 Å².